The summed E-state index contributed by atoms with van der Waals surface area (Å²) in [6.45, 7) is 5.07. The molecule has 0 spiro atoms. The highest BCUT2D eigenvalue weighted by atomic mass is 35.5. The number of hydrogen-bond acceptors (Lipinski definition) is 8. The SMILES string of the molecule is COC(C)(S)c1c(NC(=O)Nc2cc(Cl)c(-n3nccn3)nc2C)cnc(C)c1C#N. The molecule has 0 fully saturated rings. The van der Waals surface area contributed by atoms with Gasteiger partial charge in [0.05, 0.1) is 51.9 Å². The number of aryl methyl sites for hydroxylation is 2. The third-order valence-corrected chi connectivity index (χ3v) is 5.18. The van der Waals surface area contributed by atoms with Crippen LogP contribution in [0.5, 0.6) is 0 Å². The van der Waals surface area contributed by atoms with E-state index in [-0.39, 0.29) is 16.3 Å². The van der Waals surface area contributed by atoms with Crippen LogP contribution in [0.15, 0.2) is 24.7 Å². The standard InChI is InChI=1S/C19H19ClN8O2S/c1-10-12(8-21)16(19(3,31)30-4)15(9-22-10)27-18(29)26-14-7-13(20)17(25-11(14)2)28-23-5-6-24-28/h5-7,9,31H,1-4H3,(H2,26,27,29). The number of nitrogens with zero attached hydrogens (tertiary/aromatic N) is 6. The number of thiol groups is 1. The number of rotatable bonds is 5. The summed E-state index contributed by atoms with van der Waals surface area (Å²) in [7, 11) is 1.46. The maximum Gasteiger partial charge on any atom is 0.323 e. The van der Waals surface area contributed by atoms with Gasteiger partial charge in [-0.3, -0.25) is 4.98 Å². The lowest BCUT2D eigenvalue weighted by Gasteiger charge is -2.26. The van der Waals surface area contributed by atoms with E-state index in [0.29, 0.717) is 28.5 Å². The molecule has 0 saturated heterocycles. The van der Waals surface area contributed by atoms with E-state index in [9.17, 15) is 10.1 Å². The van der Waals surface area contributed by atoms with E-state index in [1.807, 2.05) is 0 Å². The highest BCUT2D eigenvalue weighted by Gasteiger charge is 2.30. The number of carbonyl (C=O) groups excluding carboxylic acids is 1. The normalized spacial score (nSPS) is 12.7. The van der Waals surface area contributed by atoms with Crippen molar-refractivity contribution in [1.29, 1.82) is 5.26 Å². The second-order valence-electron chi connectivity index (χ2n) is 6.63. The Balaban J connectivity index is 1.90. The van der Waals surface area contributed by atoms with Gasteiger partial charge in [0.25, 0.3) is 0 Å². The number of carbonyl (C=O) groups is 1. The maximum atomic E-state index is 12.7. The van der Waals surface area contributed by atoms with Gasteiger partial charge < -0.3 is 15.4 Å². The summed E-state index contributed by atoms with van der Waals surface area (Å²) in [4.78, 5) is 21.4. The van der Waals surface area contributed by atoms with E-state index in [0.717, 1.165) is 0 Å². The lowest BCUT2D eigenvalue weighted by atomic mass is 10.0. The van der Waals surface area contributed by atoms with Gasteiger partial charge in [-0.05, 0) is 26.8 Å². The zero-order valence-corrected chi connectivity index (χ0v) is 18.8. The van der Waals surface area contributed by atoms with E-state index in [1.165, 1.54) is 30.5 Å². The first-order valence-electron chi connectivity index (χ1n) is 8.97. The third-order valence-electron chi connectivity index (χ3n) is 4.49. The van der Waals surface area contributed by atoms with Gasteiger partial charge in [-0.1, -0.05) is 11.6 Å². The Labute approximate surface area is 189 Å². The van der Waals surface area contributed by atoms with Crippen LogP contribution >= 0.6 is 24.2 Å². The summed E-state index contributed by atoms with van der Waals surface area (Å²) in [6, 6.07) is 3.07. The molecule has 0 aliphatic rings. The molecule has 0 bridgehead atoms. The Morgan fingerprint density at radius 3 is 2.52 bits per heavy atom. The van der Waals surface area contributed by atoms with Crippen LogP contribution in [0.25, 0.3) is 5.82 Å². The molecular weight excluding hydrogens is 440 g/mol. The number of halogens is 1. The summed E-state index contributed by atoms with van der Waals surface area (Å²) in [5.74, 6) is 0.338. The number of anilines is 2. The first-order chi connectivity index (χ1) is 14.7. The molecule has 160 valence electrons. The minimum absolute atomic E-state index is 0.254. The highest BCUT2D eigenvalue weighted by molar-refractivity contribution is 7.81. The first kappa shape index (κ1) is 22.5. The Kier molecular flexibility index (Phi) is 6.45. The summed E-state index contributed by atoms with van der Waals surface area (Å²) in [6.07, 6.45) is 4.46. The van der Waals surface area contributed by atoms with Gasteiger partial charge in [0.2, 0.25) is 0 Å². The zero-order chi connectivity index (χ0) is 22.8. The maximum absolute atomic E-state index is 12.7. The van der Waals surface area contributed by atoms with Crippen molar-refractivity contribution in [2.75, 3.05) is 17.7 Å². The highest BCUT2D eigenvalue weighted by Crippen LogP contribution is 2.37. The smallest absolute Gasteiger partial charge is 0.323 e. The Morgan fingerprint density at radius 2 is 1.90 bits per heavy atom. The summed E-state index contributed by atoms with van der Waals surface area (Å²) in [5.41, 5.74) is 2.35. The third kappa shape index (κ3) is 4.61. The summed E-state index contributed by atoms with van der Waals surface area (Å²) < 4.78 is 5.42. The van der Waals surface area contributed by atoms with Crippen LogP contribution in [0.2, 0.25) is 5.02 Å². The molecule has 3 rings (SSSR count). The molecule has 3 aromatic rings. The second-order valence-corrected chi connectivity index (χ2v) is 7.89. The molecule has 0 saturated carbocycles. The van der Waals surface area contributed by atoms with Gasteiger partial charge in [-0.25, -0.2) is 9.78 Å². The Hall–Kier alpha value is -3.20. The molecule has 0 aliphatic heterocycles. The van der Waals surface area contributed by atoms with Crippen molar-refractivity contribution in [2.45, 2.75) is 25.7 Å². The van der Waals surface area contributed by atoms with Crippen LogP contribution in [0, 0.1) is 25.2 Å². The van der Waals surface area contributed by atoms with Crippen molar-refractivity contribution < 1.29 is 9.53 Å². The summed E-state index contributed by atoms with van der Waals surface area (Å²) >= 11 is 10.8. The van der Waals surface area contributed by atoms with Gasteiger partial charge in [0.1, 0.15) is 11.0 Å². The number of aromatic nitrogens is 5. The zero-order valence-electron chi connectivity index (χ0n) is 17.1. The van der Waals surface area contributed by atoms with Crippen molar-refractivity contribution in [1.82, 2.24) is 25.0 Å². The average molecular weight is 459 g/mol. The van der Waals surface area contributed by atoms with Gasteiger partial charge in [0.15, 0.2) is 5.82 Å². The fourth-order valence-corrected chi connectivity index (χ4v) is 3.32. The molecule has 2 amide bonds. The fourth-order valence-electron chi connectivity index (χ4n) is 2.86. The Bertz CT molecular complexity index is 1170. The molecule has 0 radical (unpaired) electrons. The number of urea groups is 1. The van der Waals surface area contributed by atoms with E-state index in [4.69, 9.17) is 16.3 Å². The predicted molar refractivity (Wildman–Crippen MR) is 119 cm³/mol. The minimum Gasteiger partial charge on any atom is -0.364 e. The summed E-state index contributed by atoms with van der Waals surface area (Å²) in [5, 5.41) is 23.2. The quantitative estimate of drug-likeness (QED) is 0.393. The predicted octanol–water partition coefficient (Wildman–Crippen LogP) is 3.59. The minimum atomic E-state index is -1.14. The Morgan fingerprint density at radius 1 is 1.26 bits per heavy atom. The largest absolute Gasteiger partial charge is 0.364 e. The van der Waals surface area contributed by atoms with Crippen LogP contribution in [0.4, 0.5) is 16.2 Å². The van der Waals surface area contributed by atoms with Crippen molar-refractivity contribution in [2.24, 2.45) is 0 Å². The van der Waals surface area contributed by atoms with Gasteiger partial charge in [0, 0.05) is 12.7 Å². The van der Waals surface area contributed by atoms with Crippen LogP contribution in [0.3, 0.4) is 0 Å². The number of nitrogens with one attached hydrogen (secondary N) is 2. The molecule has 3 heterocycles. The molecule has 0 aromatic carbocycles. The lowest BCUT2D eigenvalue weighted by Crippen LogP contribution is -2.26. The monoisotopic (exact) mass is 458 g/mol. The molecule has 3 aromatic heterocycles. The number of methoxy groups -OCH3 is 1. The van der Waals surface area contributed by atoms with Crippen LogP contribution in [-0.2, 0) is 9.67 Å². The topological polar surface area (TPSA) is 131 Å². The first-order valence-corrected chi connectivity index (χ1v) is 9.80. The van der Waals surface area contributed by atoms with Crippen molar-refractivity contribution in [3.05, 3.63) is 52.2 Å². The number of amides is 2. The molecular formula is C19H19ClN8O2S. The molecule has 2 N–H and O–H groups in total. The lowest BCUT2D eigenvalue weighted by molar-refractivity contribution is 0.0883. The van der Waals surface area contributed by atoms with Crippen LogP contribution in [-0.4, -0.2) is 38.1 Å². The second kappa shape index (κ2) is 8.89. The van der Waals surface area contributed by atoms with Crippen LogP contribution in [0.1, 0.15) is 29.4 Å². The van der Waals surface area contributed by atoms with E-state index < -0.39 is 11.0 Å². The van der Waals surface area contributed by atoms with E-state index in [1.54, 1.807) is 26.8 Å². The fraction of sp³-hybridized carbons (Fsp3) is 0.263. The van der Waals surface area contributed by atoms with Crippen molar-refractivity contribution in [3.63, 3.8) is 0 Å². The van der Waals surface area contributed by atoms with Gasteiger partial charge >= 0.3 is 6.03 Å². The number of hydrogen-bond donors (Lipinski definition) is 3. The van der Waals surface area contributed by atoms with E-state index in [2.05, 4.69) is 49.5 Å². The number of pyridine rings is 2. The van der Waals surface area contributed by atoms with E-state index >= 15 is 0 Å². The van der Waals surface area contributed by atoms with Crippen molar-refractivity contribution in [3.8, 4) is 11.9 Å². The van der Waals surface area contributed by atoms with Gasteiger partial charge in [-0.15, -0.1) is 17.4 Å². The number of nitriles is 1. The molecule has 1 atom stereocenters. The average Bonchev–Trinajstić information content (AvgIpc) is 3.25. The van der Waals surface area contributed by atoms with Crippen LogP contribution < -0.4 is 10.6 Å². The molecule has 10 nitrogen and oxygen atoms in total. The molecule has 0 aliphatic carbocycles. The molecule has 31 heavy (non-hydrogen) atoms. The van der Waals surface area contributed by atoms with Crippen molar-refractivity contribution >= 4 is 41.6 Å². The molecule has 1 unspecified atom stereocenters. The molecule has 12 heteroatoms. The van der Waals surface area contributed by atoms with Gasteiger partial charge in [-0.2, -0.15) is 15.5 Å². The number of ether oxygens (including phenoxy) is 1.